The minimum absolute atomic E-state index is 0.201. The van der Waals surface area contributed by atoms with E-state index in [9.17, 15) is 4.21 Å². The number of rotatable bonds is 9. The number of ether oxygens (including phenoxy) is 2. The number of hydrogen-bond donors (Lipinski definition) is 1. The number of nitrogens with one attached hydrogen (secondary N) is 1. The van der Waals surface area contributed by atoms with Gasteiger partial charge in [0.2, 0.25) is 0 Å². The number of guanidine groups is 1. The van der Waals surface area contributed by atoms with E-state index in [1.807, 2.05) is 52.9 Å². The Morgan fingerprint density at radius 1 is 1.22 bits per heavy atom. The molecule has 0 saturated carbocycles. The molecule has 1 rings (SSSR count). The van der Waals surface area contributed by atoms with Gasteiger partial charge < -0.3 is 19.7 Å². The lowest BCUT2D eigenvalue weighted by atomic mass is 10.1. The topological polar surface area (TPSA) is 63.2 Å². The van der Waals surface area contributed by atoms with Crippen LogP contribution in [0.3, 0.4) is 0 Å². The molecule has 0 fully saturated rings. The van der Waals surface area contributed by atoms with Crippen molar-refractivity contribution in [3.63, 3.8) is 0 Å². The SMILES string of the molecule is CCNC(=NCCS(=O)C(C)(C)C)N(C)CCc1ccc(OC)c(OC)c1. The van der Waals surface area contributed by atoms with Gasteiger partial charge in [-0.2, -0.15) is 0 Å². The second-order valence-corrected chi connectivity index (χ2v) is 9.58. The quantitative estimate of drug-likeness (QED) is 0.513. The fourth-order valence-corrected chi connectivity index (χ4v) is 3.32. The van der Waals surface area contributed by atoms with Crippen LogP contribution in [0.25, 0.3) is 0 Å². The highest BCUT2D eigenvalue weighted by molar-refractivity contribution is 7.86. The highest BCUT2D eigenvalue weighted by atomic mass is 32.2. The average molecular weight is 398 g/mol. The molecule has 1 aromatic rings. The summed E-state index contributed by atoms with van der Waals surface area (Å²) in [6.07, 6.45) is 0.856. The molecule has 0 aromatic heterocycles. The van der Waals surface area contributed by atoms with E-state index >= 15 is 0 Å². The number of hydrogen-bond acceptors (Lipinski definition) is 4. The van der Waals surface area contributed by atoms with Crippen LogP contribution in [-0.4, -0.2) is 66.5 Å². The molecule has 1 atom stereocenters. The molecule has 0 aliphatic heterocycles. The summed E-state index contributed by atoms with van der Waals surface area (Å²) in [6, 6.07) is 5.98. The normalized spacial score (nSPS) is 13.2. The van der Waals surface area contributed by atoms with E-state index in [-0.39, 0.29) is 4.75 Å². The van der Waals surface area contributed by atoms with Gasteiger partial charge in [0.15, 0.2) is 17.5 Å². The van der Waals surface area contributed by atoms with Gasteiger partial charge in [0, 0.05) is 41.4 Å². The Labute approximate surface area is 166 Å². The molecule has 1 N–H and O–H groups in total. The number of likely N-dealkylation sites (N-methyl/N-ethyl adjacent to an activating group) is 1. The molecule has 0 amide bonds. The molecule has 7 heteroatoms. The van der Waals surface area contributed by atoms with Crippen molar-refractivity contribution in [2.45, 2.75) is 38.9 Å². The summed E-state index contributed by atoms with van der Waals surface area (Å²) in [6.45, 7) is 10.2. The van der Waals surface area contributed by atoms with Crippen LogP contribution in [0.5, 0.6) is 11.5 Å². The third kappa shape index (κ3) is 7.79. The number of nitrogens with zero attached hydrogens (tertiary/aromatic N) is 2. The molecule has 27 heavy (non-hydrogen) atoms. The number of aliphatic imine (C=N–C) groups is 1. The van der Waals surface area contributed by atoms with Gasteiger partial charge >= 0.3 is 0 Å². The monoisotopic (exact) mass is 397 g/mol. The first-order chi connectivity index (χ1) is 12.7. The van der Waals surface area contributed by atoms with Gasteiger partial charge in [-0.05, 0) is 51.8 Å². The van der Waals surface area contributed by atoms with E-state index in [4.69, 9.17) is 9.47 Å². The molecule has 154 valence electrons. The van der Waals surface area contributed by atoms with Crippen molar-refractivity contribution in [1.29, 1.82) is 0 Å². The van der Waals surface area contributed by atoms with Crippen molar-refractivity contribution in [2.24, 2.45) is 4.99 Å². The van der Waals surface area contributed by atoms with Gasteiger partial charge in [-0.25, -0.2) is 0 Å². The van der Waals surface area contributed by atoms with Crippen LogP contribution in [-0.2, 0) is 17.2 Å². The van der Waals surface area contributed by atoms with E-state index < -0.39 is 10.8 Å². The Morgan fingerprint density at radius 3 is 2.44 bits per heavy atom. The molecule has 0 radical (unpaired) electrons. The third-order valence-corrected chi connectivity index (χ3v) is 6.02. The summed E-state index contributed by atoms with van der Waals surface area (Å²) in [5.74, 6) is 2.88. The van der Waals surface area contributed by atoms with Crippen LogP contribution < -0.4 is 14.8 Å². The van der Waals surface area contributed by atoms with Crippen molar-refractivity contribution < 1.29 is 13.7 Å². The first-order valence-corrected chi connectivity index (χ1v) is 10.6. The van der Waals surface area contributed by atoms with Crippen molar-refractivity contribution in [3.8, 4) is 11.5 Å². The molecule has 0 aliphatic rings. The fourth-order valence-electron chi connectivity index (χ4n) is 2.45. The zero-order valence-electron chi connectivity index (χ0n) is 17.8. The van der Waals surface area contributed by atoms with Gasteiger partial charge in [0.1, 0.15) is 0 Å². The molecule has 0 heterocycles. The van der Waals surface area contributed by atoms with Crippen molar-refractivity contribution in [3.05, 3.63) is 23.8 Å². The lowest BCUT2D eigenvalue weighted by Crippen LogP contribution is -2.40. The van der Waals surface area contributed by atoms with Crippen LogP contribution in [0.1, 0.15) is 33.3 Å². The van der Waals surface area contributed by atoms with Crippen molar-refractivity contribution in [2.75, 3.05) is 46.7 Å². The van der Waals surface area contributed by atoms with Crippen LogP contribution in [0, 0.1) is 0 Å². The summed E-state index contributed by atoms with van der Waals surface area (Å²) in [5, 5.41) is 3.30. The second kappa shape index (κ2) is 11.2. The average Bonchev–Trinajstić information content (AvgIpc) is 2.64. The van der Waals surface area contributed by atoms with Gasteiger partial charge in [0.05, 0.1) is 20.8 Å². The van der Waals surface area contributed by atoms with Gasteiger partial charge in [-0.1, -0.05) is 6.07 Å². The minimum Gasteiger partial charge on any atom is -0.493 e. The summed E-state index contributed by atoms with van der Waals surface area (Å²) >= 11 is 0. The lowest BCUT2D eigenvalue weighted by molar-refractivity contribution is 0.354. The highest BCUT2D eigenvalue weighted by Gasteiger charge is 2.18. The number of benzene rings is 1. The van der Waals surface area contributed by atoms with Gasteiger partial charge in [-0.3, -0.25) is 9.20 Å². The maximum absolute atomic E-state index is 12.2. The molecule has 0 bridgehead atoms. The van der Waals surface area contributed by atoms with E-state index in [0.717, 1.165) is 37.0 Å². The Kier molecular flexibility index (Phi) is 9.63. The standard InChI is InChI=1S/C20H35N3O3S/c1-8-21-19(22-12-14-27(24)20(2,3)4)23(5)13-11-16-9-10-17(25-6)18(15-16)26-7/h9-10,15H,8,11-14H2,1-7H3,(H,21,22). The molecule has 0 spiro atoms. The Hall–Kier alpha value is -1.76. The summed E-state index contributed by atoms with van der Waals surface area (Å²) < 4.78 is 22.6. The van der Waals surface area contributed by atoms with E-state index in [1.54, 1.807) is 14.2 Å². The summed E-state index contributed by atoms with van der Waals surface area (Å²) in [4.78, 5) is 6.73. The Balaban J connectivity index is 2.68. The molecule has 1 aromatic carbocycles. The summed E-state index contributed by atoms with van der Waals surface area (Å²) in [7, 11) is 4.41. The molecular formula is C20H35N3O3S. The lowest BCUT2D eigenvalue weighted by Gasteiger charge is -2.23. The molecule has 6 nitrogen and oxygen atoms in total. The summed E-state index contributed by atoms with van der Waals surface area (Å²) in [5.41, 5.74) is 1.17. The van der Waals surface area contributed by atoms with Gasteiger partial charge in [-0.15, -0.1) is 0 Å². The highest BCUT2D eigenvalue weighted by Crippen LogP contribution is 2.27. The third-order valence-electron chi connectivity index (χ3n) is 4.10. The molecule has 0 saturated heterocycles. The van der Waals surface area contributed by atoms with Crippen LogP contribution in [0.4, 0.5) is 0 Å². The Bertz CT molecular complexity index is 642. The van der Waals surface area contributed by atoms with Gasteiger partial charge in [0.25, 0.3) is 0 Å². The maximum atomic E-state index is 12.2. The molecule has 0 aliphatic carbocycles. The van der Waals surface area contributed by atoms with E-state index in [2.05, 4.69) is 15.2 Å². The van der Waals surface area contributed by atoms with E-state index in [0.29, 0.717) is 12.3 Å². The predicted octanol–water partition coefficient (Wildman–Crippen LogP) is 2.69. The number of methoxy groups -OCH3 is 2. The van der Waals surface area contributed by atoms with Crippen LogP contribution in [0.15, 0.2) is 23.2 Å². The van der Waals surface area contributed by atoms with E-state index in [1.165, 1.54) is 5.56 Å². The Morgan fingerprint density at radius 2 is 1.89 bits per heavy atom. The first-order valence-electron chi connectivity index (χ1n) is 9.31. The molecular weight excluding hydrogens is 362 g/mol. The van der Waals surface area contributed by atoms with Crippen molar-refractivity contribution >= 4 is 16.8 Å². The van der Waals surface area contributed by atoms with Crippen LogP contribution in [0.2, 0.25) is 0 Å². The van der Waals surface area contributed by atoms with Crippen LogP contribution >= 0.6 is 0 Å². The van der Waals surface area contributed by atoms with Crippen molar-refractivity contribution in [1.82, 2.24) is 10.2 Å². The zero-order chi connectivity index (χ0) is 20.4. The fraction of sp³-hybridized carbons (Fsp3) is 0.650. The minimum atomic E-state index is -0.891. The molecule has 1 unspecified atom stereocenters. The smallest absolute Gasteiger partial charge is 0.193 e. The largest absolute Gasteiger partial charge is 0.493 e. The predicted molar refractivity (Wildman–Crippen MR) is 115 cm³/mol. The zero-order valence-corrected chi connectivity index (χ0v) is 18.6. The first kappa shape index (κ1) is 23.3. The second-order valence-electron chi connectivity index (χ2n) is 7.26. The maximum Gasteiger partial charge on any atom is 0.193 e.